The summed E-state index contributed by atoms with van der Waals surface area (Å²) >= 11 is 0. The summed E-state index contributed by atoms with van der Waals surface area (Å²) in [6.07, 6.45) is -4.30. The predicted octanol–water partition coefficient (Wildman–Crippen LogP) is 3.03. The molecule has 1 rings (SSSR count). The number of nitrogens with two attached hydrogens (primary N) is 1. The summed E-state index contributed by atoms with van der Waals surface area (Å²) in [6.45, 7) is 5.48. The van der Waals surface area contributed by atoms with Crippen LogP contribution in [0.2, 0.25) is 0 Å². The molecule has 0 heterocycles. The number of hydrogen-bond donors (Lipinski definition) is 2. The van der Waals surface area contributed by atoms with Crippen LogP contribution >= 0.6 is 0 Å². The van der Waals surface area contributed by atoms with Gasteiger partial charge in [-0.2, -0.15) is 13.2 Å². The van der Waals surface area contributed by atoms with Crippen molar-refractivity contribution in [2.75, 3.05) is 13.1 Å². The molecule has 0 bridgehead atoms. The zero-order valence-corrected chi connectivity index (χ0v) is 11.3. The highest BCUT2D eigenvalue weighted by molar-refractivity contribution is 5.29. The molecule has 0 fully saturated rings. The molecule has 0 amide bonds. The first kappa shape index (κ1) is 16.0. The van der Waals surface area contributed by atoms with E-state index in [0.29, 0.717) is 19.0 Å². The fraction of sp³-hybridized carbons (Fsp3) is 0.571. The van der Waals surface area contributed by atoms with Gasteiger partial charge in [-0.15, -0.1) is 0 Å². The van der Waals surface area contributed by atoms with E-state index in [9.17, 15) is 13.2 Å². The molecule has 108 valence electrons. The van der Waals surface area contributed by atoms with Crippen LogP contribution in [0.4, 0.5) is 13.2 Å². The Morgan fingerprint density at radius 3 is 2.37 bits per heavy atom. The molecule has 1 atom stereocenters. The van der Waals surface area contributed by atoms with Crippen LogP contribution in [-0.4, -0.2) is 13.1 Å². The van der Waals surface area contributed by atoms with E-state index < -0.39 is 11.7 Å². The van der Waals surface area contributed by atoms with Crippen molar-refractivity contribution in [1.29, 1.82) is 0 Å². The molecule has 3 N–H and O–H groups in total. The molecule has 0 radical (unpaired) electrons. The van der Waals surface area contributed by atoms with Crippen LogP contribution in [0.5, 0.6) is 0 Å². The maximum atomic E-state index is 12.8. The number of halogens is 3. The van der Waals surface area contributed by atoms with E-state index in [1.54, 1.807) is 6.07 Å². The Morgan fingerprint density at radius 1 is 1.21 bits per heavy atom. The van der Waals surface area contributed by atoms with Gasteiger partial charge in [0.15, 0.2) is 0 Å². The second-order valence-corrected chi connectivity index (χ2v) is 5.03. The third-order valence-corrected chi connectivity index (χ3v) is 3.29. The van der Waals surface area contributed by atoms with Gasteiger partial charge in [-0.3, -0.25) is 0 Å². The second kappa shape index (κ2) is 6.91. The number of hydrogen-bond acceptors (Lipinski definition) is 2. The smallest absolute Gasteiger partial charge is 0.330 e. The highest BCUT2D eigenvalue weighted by atomic mass is 19.4. The van der Waals surface area contributed by atoms with E-state index in [1.807, 2.05) is 0 Å². The average Bonchev–Trinajstić information content (AvgIpc) is 2.33. The van der Waals surface area contributed by atoms with Crippen molar-refractivity contribution in [3.05, 3.63) is 35.4 Å². The highest BCUT2D eigenvalue weighted by Crippen LogP contribution is 2.31. The number of benzene rings is 1. The molecular formula is C14H21F3N2. The van der Waals surface area contributed by atoms with Crippen LogP contribution in [0.15, 0.2) is 24.3 Å². The Hall–Kier alpha value is -1.07. The van der Waals surface area contributed by atoms with E-state index >= 15 is 0 Å². The third kappa shape index (κ3) is 4.84. The molecule has 2 nitrogen and oxygen atoms in total. The Labute approximate surface area is 112 Å². The van der Waals surface area contributed by atoms with Crippen molar-refractivity contribution in [2.45, 2.75) is 26.6 Å². The number of rotatable bonds is 6. The lowest BCUT2D eigenvalue weighted by molar-refractivity contribution is -0.138. The van der Waals surface area contributed by atoms with Gasteiger partial charge >= 0.3 is 6.18 Å². The molecule has 0 spiro atoms. The van der Waals surface area contributed by atoms with Gasteiger partial charge in [0.1, 0.15) is 0 Å². The molecule has 0 saturated carbocycles. The quantitative estimate of drug-likeness (QED) is 0.837. The molecular weight excluding hydrogens is 253 g/mol. The van der Waals surface area contributed by atoms with Crippen LogP contribution in [0.1, 0.15) is 25.0 Å². The van der Waals surface area contributed by atoms with Crippen molar-refractivity contribution in [3.63, 3.8) is 0 Å². The summed E-state index contributed by atoms with van der Waals surface area (Å²) in [7, 11) is 0. The van der Waals surface area contributed by atoms with Crippen LogP contribution in [-0.2, 0) is 12.7 Å². The van der Waals surface area contributed by atoms with Gasteiger partial charge in [-0.1, -0.05) is 32.0 Å². The Bertz CT molecular complexity index is 389. The summed E-state index contributed by atoms with van der Waals surface area (Å²) < 4.78 is 38.3. The Morgan fingerprint density at radius 2 is 1.84 bits per heavy atom. The predicted molar refractivity (Wildman–Crippen MR) is 70.5 cm³/mol. The van der Waals surface area contributed by atoms with Gasteiger partial charge in [0, 0.05) is 6.54 Å². The van der Waals surface area contributed by atoms with Crippen molar-refractivity contribution < 1.29 is 13.2 Å². The zero-order valence-electron chi connectivity index (χ0n) is 11.3. The van der Waals surface area contributed by atoms with Crippen molar-refractivity contribution in [1.82, 2.24) is 5.32 Å². The summed E-state index contributed by atoms with van der Waals surface area (Å²) in [5.74, 6) is 0.688. The summed E-state index contributed by atoms with van der Waals surface area (Å²) in [4.78, 5) is 0. The van der Waals surface area contributed by atoms with Crippen LogP contribution in [0.25, 0.3) is 0 Å². The molecule has 0 aliphatic carbocycles. The van der Waals surface area contributed by atoms with Crippen molar-refractivity contribution in [3.8, 4) is 0 Å². The lowest BCUT2D eigenvalue weighted by Gasteiger charge is -2.20. The second-order valence-electron chi connectivity index (χ2n) is 5.03. The zero-order chi connectivity index (χ0) is 14.5. The first-order valence-corrected chi connectivity index (χ1v) is 6.42. The van der Waals surface area contributed by atoms with E-state index in [2.05, 4.69) is 19.2 Å². The van der Waals surface area contributed by atoms with Gasteiger partial charge in [0.05, 0.1) is 5.56 Å². The normalized spacial score (nSPS) is 13.8. The number of alkyl halides is 3. The van der Waals surface area contributed by atoms with Gasteiger partial charge in [-0.05, 0) is 36.6 Å². The molecule has 0 saturated heterocycles. The van der Waals surface area contributed by atoms with Crippen molar-refractivity contribution in [2.24, 2.45) is 17.6 Å². The molecule has 5 heteroatoms. The van der Waals surface area contributed by atoms with E-state index in [0.717, 1.165) is 6.07 Å². The molecule has 1 aromatic rings. The first-order chi connectivity index (χ1) is 8.86. The maximum absolute atomic E-state index is 12.8. The first-order valence-electron chi connectivity index (χ1n) is 6.42. The van der Waals surface area contributed by atoms with Gasteiger partial charge in [0.25, 0.3) is 0 Å². The lowest BCUT2D eigenvalue weighted by Crippen LogP contribution is -2.31. The third-order valence-electron chi connectivity index (χ3n) is 3.29. The standard InChI is InChI=1S/C14H21F3N2/c1-10(2)12(7-18)9-19-8-11-5-3-4-6-13(11)14(15,16)17/h3-6,10,12,19H,7-9,18H2,1-2H3. The van der Waals surface area contributed by atoms with Crippen LogP contribution in [0, 0.1) is 11.8 Å². The van der Waals surface area contributed by atoms with E-state index in [1.165, 1.54) is 12.1 Å². The summed E-state index contributed by atoms with van der Waals surface area (Å²) in [5.41, 5.74) is 5.33. The molecule has 1 unspecified atom stereocenters. The Kier molecular flexibility index (Phi) is 5.82. The minimum Gasteiger partial charge on any atom is -0.330 e. The van der Waals surface area contributed by atoms with Gasteiger partial charge in [-0.25, -0.2) is 0 Å². The van der Waals surface area contributed by atoms with Crippen LogP contribution in [0.3, 0.4) is 0 Å². The van der Waals surface area contributed by atoms with Gasteiger partial charge < -0.3 is 11.1 Å². The highest BCUT2D eigenvalue weighted by Gasteiger charge is 2.32. The maximum Gasteiger partial charge on any atom is 0.416 e. The number of nitrogens with one attached hydrogen (secondary N) is 1. The minimum absolute atomic E-state index is 0.207. The fourth-order valence-electron chi connectivity index (χ4n) is 1.93. The largest absolute Gasteiger partial charge is 0.416 e. The van der Waals surface area contributed by atoms with Crippen LogP contribution < -0.4 is 11.1 Å². The molecule has 19 heavy (non-hydrogen) atoms. The van der Waals surface area contributed by atoms with Gasteiger partial charge in [0.2, 0.25) is 0 Å². The Balaban J connectivity index is 2.64. The minimum atomic E-state index is -4.30. The molecule has 0 aromatic heterocycles. The van der Waals surface area contributed by atoms with E-state index in [-0.39, 0.29) is 18.0 Å². The summed E-state index contributed by atoms with van der Waals surface area (Å²) in [6, 6.07) is 5.64. The topological polar surface area (TPSA) is 38.0 Å². The monoisotopic (exact) mass is 274 g/mol. The van der Waals surface area contributed by atoms with Crippen molar-refractivity contribution >= 4 is 0 Å². The van der Waals surface area contributed by atoms with E-state index in [4.69, 9.17) is 5.73 Å². The molecule has 1 aromatic carbocycles. The molecule has 0 aliphatic rings. The fourth-order valence-corrected chi connectivity index (χ4v) is 1.93. The molecule has 0 aliphatic heterocycles. The summed E-state index contributed by atoms with van der Waals surface area (Å²) in [5, 5.41) is 3.07. The SMILES string of the molecule is CC(C)C(CN)CNCc1ccccc1C(F)(F)F. The lowest BCUT2D eigenvalue weighted by atomic mass is 9.96. The average molecular weight is 274 g/mol.